The van der Waals surface area contributed by atoms with Gasteiger partial charge in [0.05, 0.1) is 4.88 Å². The van der Waals surface area contributed by atoms with Crippen molar-refractivity contribution in [3.8, 4) is 0 Å². The topological polar surface area (TPSA) is 76.0 Å². The normalized spacial score (nSPS) is 13.1. The van der Waals surface area contributed by atoms with E-state index < -0.39 is 12.1 Å². The van der Waals surface area contributed by atoms with Crippen molar-refractivity contribution in [3.05, 3.63) is 22.4 Å². The minimum absolute atomic E-state index is 0.113. The average Bonchev–Trinajstić information content (AvgIpc) is 2.82. The largest absolute Gasteiger partial charge is 0.478 e. The first-order chi connectivity index (χ1) is 8.19. The van der Waals surface area contributed by atoms with Gasteiger partial charge in [-0.2, -0.15) is 0 Å². The van der Waals surface area contributed by atoms with Crippen molar-refractivity contribution in [2.24, 2.45) is 5.16 Å². The lowest BCUT2D eigenvalue weighted by atomic mass is 10.2. The van der Waals surface area contributed by atoms with Gasteiger partial charge in [0.1, 0.15) is 0 Å². The smallest absolute Gasteiger partial charge is 0.347 e. The molecule has 0 aliphatic carbocycles. The number of nitrogens with zero attached hydrogens (tertiary/aromatic N) is 1. The lowest BCUT2D eigenvalue weighted by Crippen LogP contribution is -2.22. The fraction of sp³-hybridized carbons (Fsp3) is 0.364. The Labute approximate surface area is 103 Å². The van der Waals surface area contributed by atoms with Gasteiger partial charge < -0.3 is 9.94 Å². The summed E-state index contributed by atoms with van der Waals surface area (Å²) in [7, 11) is 0. The van der Waals surface area contributed by atoms with Gasteiger partial charge in [0.2, 0.25) is 6.10 Å². The highest BCUT2D eigenvalue weighted by Gasteiger charge is 2.18. The molecule has 0 aliphatic heterocycles. The number of rotatable bonds is 7. The molecule has 0 bridgehead atoms. The molecule has 92 valence electrons. The molecular weight excluding hydrogens is 242 g/mol. The minimum Gasteiger partial charge on any atom is -0.478 e. The van der Waals surface area contributed by atoms with E-state index in [2.05, 4.69) is 5.16 Å². The van der Waals surface area contributed by atoms with Crippen molar-refractivity contribution in [2.75, 3.05) is 0 Å². The number of carbonyl (C=O) groups is 2. The molecule has 1 N–H and O–H groups in total. The van der Waals surface area contributed by atoms with E-state index in [0.717, 1.165) is 0 Å². The second-order valence-corrected chi connectivity index (χ2v) is 4.24. The Balaban J connectivity index is 2.72. The van der Waals surface area contributed by atoms with E-state index in [-0.39, 0.29) is 5.71 Å². The summed E-state index contributed by atoms with van der Waals surface area (Å²) in [6, 6.07) is 3.50. The number of oxime groups is 1. The molecule has 0 aliphatic rings. The van der Waals surface area contributed by atoms with Crippen LogP contribution in [0.1, 0.15) is 24.6 Å². The number of carboxylic acid groups (broad SMARTS) is 1. The van der Waals surface area contributed by atoms with E-state index in [4.69, 9.17) is 9.94 Å². The monoisotopic (exact) mass is 255 g/mol. The van der Waals surface area contributed by atoms with E-state index >= 15 is 0 Å². The summed E-state index contributed by atoms with van der Waals surface area (Å²) in [6.45, 7) is 1.85. The number of carbonyl (C=O) groups excluding carboxylic acids is 1. The number of hydrogen-bond donors (Lipinski definition) is 1. The lowest BCUT2D eigenvalue weighted by molar-refractivity contribution is -0.150. The Hall–Kier alpha value is -1.69. The maximum atomic E-state index is 10.8. The van der Waals surface area contributed by atoms with Crippen molar-refractivity contribution in [3.63, 3.8) is 0 Å². The van der Waals surface area contributed by atoms with Crippen LogP contribution in [-0.4, -0.2) is 29.2 Å². The van der Waals surface area contributed by atoms with Gasteiger partial charge in [-0.15, -0.1) is 11.3 Å². The highest BCUT2D eigenvalue weighted by atomic mass is 32.1. The molecule has 1 rings (SSSR count). The molecule has 0 radical (unpaired) electrons. The molecule has 0 aromatic carbocycles. The fourth-order valence-electron chi connectivity index (χ4n) is 1.15. The lowest BCUT2D eigenvalue weighted by Gasteiger charge is -2.08. The van der Waals surface area contributed by atoms with Gasteiger partial charge in [-0.25, -0.2) is 4.79 Å². The average molecular weight is 255 g/mol. The first-order valence-electron chi connectivity index (χ1n) is 5.14. The summed E-state index contributed by atoms with van der Waals surface area (Å²) in [6.07, 6.45) is 0.573. The zero-order chi connectivity index (χ0) is 12.7. The first-order valence-corrected chi connectivity index (χ1v) is 6.02. The Morgan fingerprint density at radius 2 is 2.47 bits per heavy atom. The van der Waals surface area contributed by atoms with Crippen LogP contribution >= 0.6 is 11.3 Å². The number of hydrogen-bond acceptors (Lipinski definition) is 5. The van der Waals surface area contributed by atoms with Crippen LogP contribution in [0.3, 0.4) is 0 Å². The molecular formula is C11H13NO4S. The first kappa shape index (κ1) is 13.4. The van der Waals surface area contributed by atoms with Crippen molar-refractivity contribution in [1.29, 1.82) is 0 Å². The van der Waals surface area contributed by atoms with Gasteiger partial charge in [0, 0.05) is 0 Å². The quantitative estimate of drug-likeness (QED) is 0.459. The highest BCUT2D eigenvalue weighted by molar-refractivity contribution is 7.12. The van der Waals surface area contributed by atoms with E-state index in [1.54, 1.807) is 17.5 Å². The maximum absolute atomic E-state index is 10.8. The van der Waals surface area contributed by atoms with E-state index in [0.29, 0.717) is 24.0 Å². The zero-order valence-corrected chi connectivity index (χ0v) is 10.1. The van der Waals surface area contributed by atoms with Crippen LogP contribution in [0.4, 0.5) is 0 Å². The van der Waals surface area contributed by atoms with Gasteiger partial charge in [-0.1, -0.05) is 24.6 Å². The van der Waals surface area contributed by atoms with Gasteiger partial charge in [0.15, 0.2) is 12.0 Å². The molecule has 1 aromatic heterocycles. The molecule has 1 aromatic rings. The van der Waals surface area contributed by atoms with Crippen molar-refractivity contribution >= 4 is 29.3 Å². The number of aldehydes is 1. The maximum Gasteiger partial charge on any atom is 0.347 e. The van der Waals surface area contributed by atoms with Crippen LogP contribution in [0.15, 0.2) is 22.7 Å². The number of carboxylic acids is 1. The van der Waals surface area contributed by atoms with Crippen LogP contribution in [0.25, 0.3) is 0 Å². The zero-order valence-electron chi connectivity index (χ0n) is 9.33. The second kappa shape index (κ2) is 6.80. The Morgan fingerprint density at radius 1 is 1.71 bits per heavy atom. The number of thiophene rings is 1. The van der Waals surface area contributed by atoms with Crippen molar-refractivity contribution in [1.82, 2.24) is 0 Å². The third kappa shape index (κ3) is 3.99. The molecule has 1 atom stereocenters. The predicted octanol–water partition coefficient (Wildman–Crippen LogP) is 1.92. The van der Waals surface area contributed by atoms with Gasteiger partial charge in [-0.05, 0) is 17.9 Å². The van der Waals surface area contributed by atoms with Crippen molar-refractivity contribution in [2.45, 2.75) is 25.9 Å². The van der Waals surface area contributed by atoms with E-state index in [1.165, 1.54) is 11.3 Å². The van der Waals surface area contributed by atoms with E-state index in [1.807, 2.05) is 6.92 Å². The molecule has 1 unspecified atom stereocenters. The van der Waals surface area contributed by atoms with Crippen LogP contribution < -0.4 is 0 Å². The van der Waals surface area contributed by atoms with E-state index in [9.17, 15) is 9.59 Å². The summed E-state index contributed by atoms with van der Waals surface area (Å²) in [5, 5.41) is 14.2. The molecule has 0 saturated heterocycles. The van der Waals surface area contributed by atoms with Gasteiger partial charge in [0.25, 0.3) is 0 Å². The molecule has 0 spiro atoms. The Morgan fingerprint density at radius 3 is 2.94 bits per heavy atom. The summed E-state index contributed by atoms with van der Waals surface area (Å²) in [4.78, 5) is 27.1. The standard InChI is InChI=1S/C11H13NO4S/c1-2-4-9(11(14)15)16-12-8(7-13)10-5-3-6-17-10/h3,5-7,9H,2,4H2,1H3,(H,14,15). The fourth-order valence-corrected chi connectivity index (χ4v) is 1.82. The molecule has 0 saturated carbocycles. The molecule has 1 heterocycles. The molecule has 17 heavy (non-hydrogen) atoms. The predicted molar refractivity (Wildman–Crippen MR) is 64.3 cm³/mol. The number of aliphatic carboxylic acids is 1. The Kier molecular flexibility index (Phi) is 5.35. The SMILES string of the molecule is CCCC(ON=C(C=O)c1cccs1)C(=O)O. The minimum atomic E-state index is -1.08. The molecule has 6 heteroatoms. The second-order valence-electron chi connectivity index (χ2n) is 3.29. The highest BCUT2D eigenvalue weighted by Crippen LogP contribution is 2.10. The van der Waals surface area contributed by atoms with Crippen LogP contribution in [0, 0.1) is 0 Å². The summed E-state index contributed by atoms with van der Waals surface area (Å²) in [5.74, 6) is -1.08. The van der Waals surface area contributed by atoms with Crippen LogP contribution in [0.5, 0.6) is 0 Å². The third-order valence-corrected chi connectivity index (χ3v) is 2.88. The van der Waals surface area contributed by atoms with Crippen LogP contribution in [-0.2, 0) is 14.4 Å². The Bertz CT molecular complexity index is 400. The van der Waals surface area contributed by atoms with Gasteiger partial charge >= 0.3 is 5.97 Å². The molecule has 5 nitrogen and oxygen atoms in total. The van der Waals surface area contributed by atoms with Crippen LogP contribution in [0.2, 0.25) is 0 Å². The van der Waals surface area contributed by atoms with Crippen molar-refractivity contribution < 1.29 is 19.5 Å². The summed E-state index contributed by atoms with van der Waals surface area (Å²) >= 11 is 1.34. The molecule has 0 fully saturated rings. The summed E-state index contributed by atoms with van der Waals surface area (Å²) in [5.41, 5.74) is 0.113. The molecule has 0 amide bonds. The van der Waals surface area contributed by atoms with Gasteiger partial charge in [-0.3, -0.25) is 4.79 Å². The summed E-state index contributed by atoms with van der Waals surface area (Å²) < 4.78 is 0. The third-order valence-electron chi connectivity index (χ3n) is 1.99.